The average molecular weight is 273 g/mol. The minimum atomic E-state index is 0.393. The van der Waals surface area contributed by atoms with Gasteiger partial charge in [-0.3, -0.25) is 0 Å². The van der Waals surface area contributed by atoms with Gasteiger partial charge in [-0.2, -0.15) is 5.26 Å². The molecule has 0 saturated heterocycles. The molecule has 4 nitrogen and oxygen atoms in total. The molecule has 0 aliphatic heterocycles. The van der Waals surface area contributed by atoms with Crippen LogP contribution in [0.3, 0.4) is 0 Å². The molecule has 1 aromatic heterocycles. The van der Waals surface area contributed by atoms with Crippen molar-refractivity contribution in [2.45, 2.75) is 12.3 Å². The quantitative estimate of drug-likeness (QED) is 0.784. The van der Waals surface area contributed by atoms with Crippen LogP contribution in [0.15, 0.2) is 42.7 Å². The number of para-hydroxylation sites is 1. The number of anilines is 2. The zero-order chi connectivity index (χ0) is 13.5. The summed E-state index contributed by atoms with van der Waals surface area (Å²) in [5.74, 6) is 0.972. The van der Waals surface area contributed by atoms with Gasteiger partial charge in [-0.15, -0.1) is 11.6 Å². The number of nitrogens with zero attached hydrogens (tertiary/aromatic N) is 4. The molecule has 0 N–H and O–H groups in total. The Labute approximate surface area is 117 Å². The minimum Gasteiger partial charge on any atom is -0.310 e. The largest absolute Gasteiger partial charge is 0.310 e. The van der Waals surface area contributed by atoms with Gasteiger partial charge in [0.1, 0.15) is 0 Å². The number of alkyl halides is 1. The van der Waals surface area contributed by atoms with E-state index in [1.807, 2.05) is 35.2 Å². The molecule has 96 valence electrons. The number of halogens is 1. The fourth-order valence-corrected chi connectivity index (χ4v) is 1.81. The summed E-state index contributed by atoms with van der Waals surface area (Å²) in [6.07, 6.45) is 3.82. The monoisotopic (exact) mass is 272 g/mol. The van der Waals surface area contributed by atoms with Crippen molar-refractivity contribution in [2.75, 3.05) is 11.4 Å². The van der Waals surface area contributed by atoms with Gasteiger partial charge in [0.15, 0.2) is 0 Å². The van der Waals surface area contributed by atoms with Crippen molar-refractivity contribution in [3.8, 4) is 6.07 Å². The summed E-state index contributed by atoms with van der Waals surface area (Å²) >= 11 is 5.72. The highest BCUT2D eigenvalue weighted by molar-refractivity contribution is 6.17. The normalized spacial score (nSPS) is 9.89. The number of hydrogen-bond acceptors (Lipinski definition) is 4. The highest BCUT2D eigenvalue weighted by Gasteiger charge is 2.11. The number of nitriles is 1. The van der Waals surface area contributed by atoms with Gasteiger partial charge >= 0.3 is 0 Å². The van der Waals surface area contributed by atoms with E-state index in [2.05, 4.69) is 16.0 Å². The highest BCUT2D eigenvalue weighted by Crippen LogP contribution is 2.21. The van der Waals surface area contributed by atoms with Gasteiger partial charge in [0, 0.05) is 30.2 Å². The molecule has 19 heavy (non-hydrogen) atoms. The second kappa shape index (κ2) is 6.72. The third kappa shape index (κ3) is 3.43. The predicted molar refractivity (Wildman–Crippen MR) is 75.3 cm³/mol. The Morgan fingerprint density at radius 2 is 1.84 bits per heavy atom. The maximum absolute atomic E-state index is 8.76. The van der Waals surface area contributed by atoms with Gasteiger partial charge in [-0.25, -0.2) is 9.97 Å². The molecule has 0 saturated carbocycles. The van der Waals surface area contributed by atoms with Crippen LogP contribution >= 0.6 is 11.6 Å². The van der Waals surface area contributed by atoms with E-state index >= 15 is 0 Å². The van der Waals surface area contributed by atoms with Crippen molar-refractivity contribution in [2.24, 2.45) is 0 Å². The number of aromatic nitrogens is 2. The minimum absolute atomic E-state index is 0.393. The summed E-state index contributed by atoms with van der Waals surface area (Å²) in [5.41, 5.74) is 1.84. The van der Waals surface area contributed by atoms with Crippen LogP contribution in [-0.2, 0) is 5.88 Å². The number of rotatable bonds is 5. The Bertz CT molecular complexity index is 548. The van der Waals surface area contributed by atoms with E-state index in [0.717, 1.165) is 11.3 Å². The first-order valence-electron chi connectivity index (χ1n) is 5.91. The molecule has 0 unspecified atom stereocenters. The molecule has 5 heteroatoms. The molecule has 1 heterocycles. The third-order valence-electron chi connectivity index (χ3n) is 2.60. The van der Waals surface area contributed by atoms with E-state index in [4.69, 9.17) is 16.9 Å². The lowest BCUT2D eigenvalue weighted by atomic mass is 10.3. The average Bonchev–Trinajstić information content (AvgIpc) is 2.49. The fourth-order valence-electron chi connectivity index (χ4n) is 1.67. The molecule has 0 aliphatic rings. The standard InChI is InChI=1S/C14H13ClN4/c15-9-12-10-17-14(18-11-12)19(8-4-7-16)13-5-2-1-3-6-13/h1-3,5-6,10-11H,4,8-9H2. The van der Waals surface area contributed by atoms with Crippen LogP contribution < -0.4 is 4.90 Å². The maximum atomic E-state index is 8.76. The van der Waals surface area contributed by atoms with Crippen molar-refractivity contribution in [3.05, 3.63) is 48.3 Å². The Morgan fingerprint density at radius 1 is 1.16 bits per heavy atom. The number of hydrogen-bond donors (Lipinski definition) is 0. The van der Waals surface area contributed by atoms with Crippen molar-refractivity contribution in [1.29, 1.82) is 5.26 Å². The number of benzene rings is 1. The van der Waals surface area contributed by atoms with Gasteiger partial charge in [-0.1, -0.05) is 18.2 Å². The Hall–Kier alpha value is -2.12. The summed E-state index contributed by atoms with van der Waals surface area (Å²) in [7, 11) is 0. The van der Waals surface area contributed by atoms with E-state index < -0.39 is 0 Å². The van der Waals surface area contributed by atoms with Crippen molar-refractivity contribution in [3.63, 3.8) is 0 Å². The molecule has 2 rings (SSSR count). The second-order valence-corrected chi connectivity index (χ2v) is 4.19. The zero-order valence-corrected chi connectivity index (χ0v) is 11.1. The maximum Gasteiger partial charge on any atom is 0.229 e. The summed E-state index contributed by atoms with van der Waals surface area (Å²) in [6.45, 7) is 0.556. The summed E-state index contributed by atoms with van der Waals surface area (Å²) in [4.78, 5) is 10.5. The van der Waals surface area contributed by atoms with E-state index in [1.54, 1.807) is 12.4 Å². The molecule has 0 amide bonds. The van der Waals surface area contributed by atoms with Crippen molar-refractivity contribution < 1.29 is 0 Å². The summed E-state index contributed by atoms with van der Waals surface area (Å²) in [5, 5.41) is 8.76. The Kier molecular flexibility index (Phi) is 4.71. The Morgan fingerprint density at radius 3 is 2.42 bits per heavy atom. The smallest absolute Gasteiger partial charge is 0.229 e. The van der Waals surface area contributed by atoms with Crippen LogP contribution in [0.4, 0.5) is 11.6 Å². The van der Waals surface area contributed by atoms with E-state index in [1.165, 1.54) is 0 Å². The fraction of sp³-hybridized carbons (Fsp3) is 0.214. The van der Waals surface area contributed by atoms with Crippen LogP contribution in [0.5, 0.6) is 0 Å². The van der Waals surface area contributed by atoms with Gasteiger partial charge in [0.25, 0.3) is 0 Å². The molecular formula is C14H13ClN4. The third-order valence-corrected chi connectivity index (χ3v) is 2.91. The van der Waals surface area contributed by atoms with Gasteiger partial charge in [0.2, 0.25) is 5.95 Å². The molecule has 0 atom stereocenters. The Balaban J connectivity index is 2.29. The molecule has 0 bridgehead atoms. The van der Waals surface area contributed by atoms with Crippen LogP contribution in [0.1, 0.15) is 12.0 Å². The summed E-state index contributed by atoms with van der Waals surface area (Å²) < 4.78 is 0. The summed E-state index contributed by atoms with van der Waals surface area (Å²) in [6, 6.07) is 11.9. The molecule has 0 spiro atoms. The second-order valence-electron chi connectivity index (χ2n) is 3.92. The molecule has 2 aromatic rings. The first kappa shape index (κ1) is 13.3. The SMILES string of the molecule is N#CCCN(c1ccccc1)c1ncc(CCl)cn1. The van der Waals surface area contributed by atoms with E-state index in [0.29, 0.717) is 24.8 Å². The van der Waals surface area contributed by atoms with E-state index in [-0.39, 0.29) is 0 Å². The first-order valence-corrected chi connectivity index (χ1v) is 6.45. The lowest BCUT2D eigenvalue weighted by Gasteiger charge is -2.21. The van der Waals surface area contributed by atoms with Crippen LogP contribution in [0.25, 0.3) is 0 Å². The highest BCUT2D eigenvalue weighted by atomic mass is 35.5. The molecule has 0 aliphatic carbocycles. The van der Waals surface area contributed by atoms with Gasteiger partial charge in [0.05, 0.1) is 18.4 Å². The topological polar surface area (TPSA) is 52.8 Å². The zero-order valence-electron chi connectivity index (χ0n) is 10.3. The first-order chi connectivity index (χ1) is 9.35. The van der Waals surface area contributed by atoms with Crippen LogP contribution in [0, 0.1) is 11.3 Å². The lowest BCUT2D eigenvalue weighted by Crippen LogP contribution is -2.20. The molecular weight excluding hydrogens is 260 g/mol. The van der Waals surface area contributed by atoms with Gasteiger partial charge < -0.3 is 4.90 Å². The van der Waals surface area contributed by atoms with Crippen molar-refractivity contribution >= 4 is 23.2 Å². The molecule has 0 radical (unpaired) electrons. The van der Waals surface area contributed by atoms with E-state index in [9.17, 15) is 0 Å². The lowest BCUT2D eigenvalue weighted by molar-refractivity contribution is 0.894. The molecule has 1 aromatic carbocycles. The van der Waals surface area contributed by atoms with Crippen molar-refractivity contribution in [1.82, 2.24) is 9.97 Å². The molecule has 0 fully saturated rings. The van der Waals surface area contributed by atoms with Crippen LogP contribution in [0.2, 0.25) is 0 Å². The predicted octanol–water partition coefficient (Wildman–Crippen LogP) is 3.27. The van der Waals surface area contributed by atoms with Gasteiger partial charge in [-0.05, 0) is 12.1 Å². The van der Waals surface area contributed by atoms with Crippen LogP contribution in [-0.4, -0.2) is 16.5 Å².